The Balaban J connectivity index is 0.960. The Morgan fingerprint density at radius 1 is 0.676 bits per heavy atom. The van der Waals surface area contributed by atoms with Crippen LogP contribution in [-0.2, 0) is 42.7 Å². The van der Waals surface area contributed by atoms with Gasteiger partial charge < -0.3 is 29.1 Å². The Hall–Kier alpha value is -5.81. The molecular weight excluding hydrogens is 917 g/mol. The van der Waals surface area contributed by atoms with Gasteiger partial charge in [-0.1, -0.05) is 31.0 Å². The molecule has 0 unspecified atom stereocenters. The Labute approximate surface area is 397 Å². The van der Waals surface area contributed by atoms with Gasteiger partial charge in [-0.05, 0) is 85.1 Å². The van der Waals surface area contributed by atoms with Crippen molar-refractivity contribution in [3.8, 4) is 17.6 Å². The number of piperazine rings is 2. The predicted octanol–water partition coefficient (Wildman–Crippen LogP) is 6.51. The molecule has 0 N–H and O–H groups in total. The number of carbonyl (C=O) groups excluding carboxylic acids is 2. The van der Waals surface area contributed by atoms with Crippen LogP contribution < -0.4 is 19.3 Å². The molecule has 0 radical (unpaired) electrons. The number of amides is 2. The lowest BCUT2D eigenvalue weighted by atomic mass is 9.93. The first-order valence-electron chi connectivity index (χ1n) is 23.1. The van der Waals surface area contributed by atoms with E-state index in [0.717, 1.165) is 12.8 Å². The minimum absolute atomic E-state index is 0.00209. The number of anilines is 2. The average molecular weight is 975 g/mol. The Morgan fingerprint density at radius 3 is 1.65 bits per heavy atom. The van der Waals surface area contributed by atoms with Gasteiger partial charge in [0.15, 0.2) is 5.75 Å². The molecule has 68 heavy (non-hydrogen) atoms. The molecule has 2 amide bonds. The number of halogens is 2. The molecule has 4 aromatic rings. The van der Waals surface area contributed by atoms with Crippen molar-refractivity contribution in [3.63, 3.8) is 0 Å². The number of benzene rings is 4. The summed E-state index contributed by atoms with van der Waals surface area (Å²) in [5.41, 5.74) is 2.13. The van der Waals surface area contributed by atoms with Crippen molar-refractivity contribution in [3.05, 3.63) is 112 Å². The van der Waals surface area contributed by atoms with Gasteiger partial charge in [0.2, 0.25) is 31.9 Å². The van der Waals surface area contributed by atoms with Crippen LogP contribution in [0.2, 0.25) is 0 Å². The number of rotatable bonds is 15. The molecule has 2 aliphatic heterocycles. The Kier molecular flexibility index (Phi) is 14.9. The smallest absolute Gasteiger partial charge is 0.405 e. The quantitative estimate of drug-likeness (QED) is 0.129. The molecule has 4 fully saturated rings. The highest BCUT2D eigenvalue weighted by molar-refractivity contribution is 7.89. The summed E-state index contributed by atoms with van der Waals surface area (Å²) in [4.78, 5) is 35.2. The van der Waals surface area contributed by atoms with E-state index in [1.54, 1.807) is 46.2 Å². The minimum atomic E-state index is -4.27. The van der Waals surface area contributed by atoms with Gasteiger partial charge in [0.1, 0.15) is 27.8 Å². The summed E-state index contributed by atoms with van der Waals surface area (Å²) in [5.74, 6) is -0.742. The molecule has 0 bridgehead atoms. The average Bonchev–Trinajstić information content (AvgIpc) is 3.29. The van der Waals surface area contributed by atoms with Crippen LogP contribution in [0.1, 0.15) is 69.1 Å². The van der Waals surface area contributed by atoms with Gasteiger partial charge in [0.25, 0.3) is 0 Å². The highest BCUT2D eigenvalue weighted by Crippen LogP contribution is 2.38. The predicted molar refractivity (Wildman–Crippen MR) is 254 cm³/mol. The van der Waals surface area contributed by atoms with Crippen LogP contribution in [0, 0.1) is 17.7 Å². The van der Waals surface area contributed by atoms with Crippen LogP contribution >= 0.6 is 0 Å². The summed E-state index contributed by atoms with van der Waals surface area (Å²) < 4.78 is 103. The second-order valence-electron chi connectivity index (χ2n) is 17.7. The standard InChI is InChI=1S/C49H58F2N7O8S2/c1-35(59)53-19-23-55(24-20-53)42-15-13-38(46(50)28-42)32-57(40-8-5-9-40)67(61,62)45-12-4-7-37(27-45)31-52-34-66-48-30-44(65-3)17-18-49(48)68(63,64)58(41-10-6-11-41)33-39-14-16-43(29-47(39)51)56-25-21-54(22-26-56)36(2)60/h4,7,12-18,27-30,40-41H,5-6,8-11,19-26,32-34H2,1-3H3/q+1. The molecule has 0 aromatic heterocycles. The number of methoxy groups -OCH3 is 1. The van der Waals surface area contributed by atoms with Crippen molar-refractivity contribution in [2.75, 3.05) is 76.0 Å². The molecule has 362 valence electrons. The molecule has 2 saturated carbocycles. The lowest BCUT2D eigenvalue weighted by Gasteiger charge is -2.37. The van der Waals surface area contributed by atoms with E-state index in [1.165, 1.54) is 72.0 Å². The van der Waals surface area contributed by atoms with Crippen LogP contribution in [0.4, 0.5) is 20.2 Å². The first-order chi connectivity index (χ1) is 32.6. The Morgan fingerprint density at radius 2 is 1.19 bits per heavy atom. The normalized spacial score (nSPS) is 17.1. The molecule has 4 aliphatic rings. The topological polar surface area (TPSA) is 145 Å². The van der Waals surface area contributed by atoms with Crippen molar-refractivity contribution >= 4 is 43.2 Å². The third-order valence-corrected chi connectivity index (χ3v) is 17.4. The van der Waals surface area contributed by atoms with Gasteiger partial charge in [-0.25, -0.2) is 25.6 Å². The van der Waals surface area contributed by atoms with Gasteiger partial charge >= 0.3 is 12.8 Å². The largest absolute Gasteiger partial charge is 0.497 e. The molecule has 0 spiro atoms. The first kappa shape index (κ1) is 48.6. The number of sulfonamides is 2. The summed E-state index contributed by atoms with van der Waals surface area (Å²) in [7, 11) is -6.94. The van der Waals surface area contributed by atoms with E-state index in [1.807, 2.05) is 9.80 Å². The monoisotopic (exact) mass is 974 g/mol. The molecular formula is C49H58F2N7O8S2+. The summed E-state index contributed by atoms with van der Waals surface area (Å²) >= 11 is 0. The van der Waals surface area contributed by atoms with E-state index in [4.69, 9.17) is 9.47 Å². The van der Waals surface area contributed by atoms with E-state index in [9.17, 15) is 26.4 Å². The zero-order valence-electron chi connectivity index (χ0n) is 38.6. The summed E-state index contributed by atoms with van der Waals surface area (Å²) in [5, 5.41) is 0. The highest BCUT2D eigenvalue weighted by Gasteiger charge is 2.39. The van der Waals surface area contributed by atoms with Gasteiger partial charge in [-0.2, -0.15) is 8.61 Å². The zero-order chi connectivity index (χ0) is 48.2. The van der Waals surface area contributed by atoms with Gasteiger partial charge in [0.05, 0.1) is 12.0 Å². The fraction of sp³-hybridized carbons (Fsp3) is 0.449. The molecule has 2 aliphatic carbocycles. The fourth-order valence-electron chi connectivity index (χ4n) is 8.94. The van der Waals surface area contributed by atoms with Crippen LogP contribution in [0.25, 0.3) is 4.85 Å². The maximum atomic E-state index is 15.8. The molecule has 19 heteroatoms. The summed E-state index contributed by atoms with van der Waals surface area (Å²) in [6, 6.07) is 22.3. The van der Waals surface area contributed by atoms with Crippen LogP contribution in [-0.4, -0.2) is 125 Å². The van der Waals surface area contributed by atoms with Crippen molar-refractivity contribution in [2.45, 2.75) is 87.3 Å². The van der Waals surface area contributed by atoms with Crippen molar-refractivity contribution in [2.24, 2.45) is 0 Å². The zero-order valence-corrected chi connectivity index (χ0v) is 40.3. The Bertz CT molecular complexity index is 2800. The summed E-state index contributed by atoms with van der Waals surface area (Å²) in [6.45, 7) is 6.72. The van der Waals surface area contributed by atoms with E-state index >= 15 is 8.78 Å². The molecule has 4 aromatic carbocycles. The number of hydrogen-bond acceptors (Lipinski definition) is 10. The minimum Gasteiger partial charge on any atom is -0.497 e. The van der Waals surface area contributed by atoms with Crippen LogP contribution in [0.3, 0.4) is 0 Å². The molecule has 8 rings (SSSR count). The number of ether oxygens (including phenoxy) is 2. The number of nitrogens with zero attached hydrogens (tertiary/aromatic N) is 7. The third-order valence-electron chi connectivity index (χ3n) is 13.5. The number of carbonyl (C=O) groups is 2. The number of hydrogen-bond donors (Lipinski definition) is 0. The molecule has 2 heterocycles. The maximum Gasteiger partial charge on any atom is 0.405 e. The van der Waals surface area contributed by atoms with Gasteiger partial charge in [-0.15, -0.1) is 0 Å². The van der Waals surface area contributed by atoms with Crippen LogP contribution in [0.15, 0.2) is 88.7 Å². The van der Waals surface area contributed by atoms with E-state index in [-0.39, 0.29) is 70.4 Å². The van der Waals surface area contributed by atoms with E-state index in [0.29, 0.717) is 101 Å². The molecule has 0 atom stereocenters. The first-order valence-corrected chi connectivity index (χ1v) is 26.0. The van der Waals surface area contributed by atoms with Crippen molar-refractivity contribution < 1.29 is 44.7 Å². The second-order valence-corrected chi connectivity index (χ2v) is 21.4. The van der Waals surface area contributed by atoms with Crippen molar-refractivity contribution in [1.29, 1.82) is 0 Å². The molecule has 2 saturated heterocycles. The lowest BCUT2D eigenvalue weighted by Crippen LogP contribution is -2.48. The van der Waals surface area contributed by atoms with Gasteiger partial charge in [-0.3, -0.25) is 9.59 Å². The van der Waals surface area contributed by atoms with Gasteiger partial charge in [0, 0.05) is 120 Å². The SMILES string of the molecule is COc1ccc(S(=O)(=O)N(Cc2ccc(N3CCN(C(C)=O)CC3)cc2F)C2CCC2)c(OC[N+]#Cc2cccc(S(=O)(=O)N(Cc3ccc(N4CCN(C(C)=O)CC4)cc3F)C3CCC3)c2)c1. The molecule has 15 nitrogen and oxygen atoms in total. The summed E-state index contributed by atoms with van der Waals surface area (Å²) in [6.07, 6.45) is 4.22. The van der Waals surface area contributed by atoms with E-state index < -0.39 is 31.7 Å². The maximum absolute atomic E-state index is 15.8. The van der Waals surface area contributed by atoms with Crippen molar-refractivity contribution in [1.82, 2.24) is 18.4 Å². The third kappa shape index (κ3) is 10.7. The fourth-order valence-corrected chi connectivity index (χ4v) is 12.4. The highest BCUT2D eigenvalue weighted by atomic mass is 32.2. The van der Waals surface area contributed by atoms with Crippen LogP contribution in [0.5, 0.6) is 11.5 Å². The van der Waals surface area contributed by atoms with E-state index in [2.05, 4.69) is 10.9 Å². The second kappa shape index (κ2) is 20.8. The lowest BCUT2D eigenvalue weighted by molar-refractivity contribution is -0.129.